The van der Waals surface area contributed by atoms with Crippen molar-refractivity contribution in [2.24, 2.45) is 19.8 Å². The van der Waals surface area contributed by atoms with Gasteiger partial charge in [-0.05, 0) is 6.42 Å². The Hall–Kier alpha value is -2.09. The predicted molar refractivity (Wildman–Crippen MR) is 78.1 cm³/mol. The molecule has 2 heterocycles. The van der Waals surface area contributed by atoms with E-state index < -0.39 is 0 Å². The number of fused-ring (bicyclic) bond motifs is 1. The molecule has 0 saturated heterocycles. The van der Waals surface area contributed by atoms with Crippen molar-refractivity contribution in [2.75, 3.05) is 18.4 Å². The van der Waals surface area contributed by atoms with Gasteiger partial charge in [0.15, 0.2) is 11.2 Å². The molecule has 2 rings (SSSR count). The average Bonchev–Trinajstić information content (AvgIpc) is 2.76. The standard InChI is InChI=1S/C12H20N6O2/c1-4-7-18-9-8(10(19)17(3)12(18)20)16(2)11(15-9)14-6-5-13/h4-7,13H2,1-3H3,(H,14,15). The lowest BCUT2D eigenvalue weighted by molar-refractivity contribution is 0.610. The molecule has 0 bridgehead atoms. The third-order valence-corrected chi connectivity index (χ3v) is 3.23. The zero-order chi connectivity index (χ0) is 14.9. The summed E-state index contributed by atoms with van der Waals surface area (Å²) >= 11 is 0. The third-order valence-electron chi connectivity index (χ3n) is 3.23. The number of aromatic nitrogens is 4. The van der Waals surface area contributed by atoms with Crippen LogP contribution >= 0.6 is 0 Å². The quantitative estimate of drug-likeness (QED) is 0.748. The van der Waals surface area contributed by atoms with Gasteiger partial charge in [-0.15, -0.1) is 0 Å². The van der Waals surface area contributed by atoms with Gasteiger partial charge < -0.3 is 15.6 Å². The zero-order valence-corrected chi connectivity index (χ0v) is 12.0. The van der Waals surface area contributed by atoms with Crippen LogP contribution in [0, 0.1) is 0 Å². The molecular weight excluding hydrogens is 260 g/mol. The Balaban J connectivity index is 2.79. The molecule has 110 valence electrons. The second-order valence-corrected chi connectivity index (χ2v) is 4.68. The molecule has 3 N–H and O–H groups in total. The Morgan fingerprint density at radius 2 is 1.95 bits per heavy atom. The molecule has 0 radical (unpaired) electrons. The minimum absolute atomic E-state index is 0.340. The number of nitrogens with two attached hydrogens (primary N) is 1. The number of imidazole rings is 1. The average molecular weight is 280 g/mol. The highest BCUT2D eigenvalue weighted by Crippen LogP contribution is 2.13. The number of hydrogen-bond donors (Lipinski definition) is 2. The summed E-state index contributed by atoms with van der Waals surface area (Å²) in [5.41, 5.74) is 5.61. The van der Waals surface area contributed by atoms with Crippen molar-refractivity contribution < 1.29 is 0 Å². The third kappa shape index (κ3) is 2.11. The topological polar surface area (TPSA) is 99.9 Å². The Kier molecular flexibility index (Phi) is 3.93. The van der Waals surface area contributed by atoms with Crippen molar-refractivity contribution in [3.05, 3.63) is 20.8 Å². The van der Waals surface area contributed by atoms with Gasteiger partial charge in [0, 0.05) is 33.7 Å². The molecule has 0 spiro atoms. The molecule has 0 aliphatic rings. The van der Waals surface area contributed by atoms with Crippen molar-refractivity contribution in [3.8, 4) is 0 Å². The minimum atomic E-state index is -0.340. The van der Waals surface area contributed by atoms with Crippen LogP contribution in [0.3, 0.4) is 0 Å². The van der Waals surface area contributed by atoms with E-state index in [9.17, 15) is 9.59 Å². The fourth-order valence-electron chi connectivity index (χ4n) is 2.20. The maximum absolute atomic E-state index is 12.2. The second-order valence-electron chi connectivity index (χ2n) is 4.68. The molecule has 0 fully saturated rings. The van der Waals surface area contributed by atoms with Crippen LogP contribution in [0.1, 0.15) is 13.3 Å². The van der Waals surface area contributed by atoms with E-state index in [0.29, 0.717) is 36.7 Å². The van der Waals surface area contributed by atoms with Crippen LogP contribution in [-0.2, 0) is 20.6 Å². The normalized spacial score (nSPS) is 11.2. The lowest BCUT2D eigenvalue weighted by atomic mass is 10.4. The minimum Gasteiger partial charge on any atom is -0.354 e. The van der Waals surface area contributed by atoms with E-state index in [0.717, 1.165) is 11.0 Å². The van der Waals surface area contributed by atoms with Crippen molar-refractivity contribution in [2.45, 2.75) is 19.9 Å². The molecule has 0 atom stereocenters. The molecule has 8 heteroatoms. The largest absolute Gasteiger partial charge is 0.354 e. The van der Waals surface area contributed by atoms with E-state index in [4.69, 9.17) is 5.73 Å². The molecule has 0 saturated carbocycles. The summed E-state index contributed by atoms with van der Waals surface area (Å²) in [7, 11) is 3.23. The van der Waals surface area contributed by atoms with Crippen LogP contribution in [-0.4, -0.2) is 31.8 Å². The first-order chi connectivity index (χ1) is 9.52. The monoisotopic (exact) mass is 280 g/mol. The van der Waals surface area contributed by atoms with Gasteiger partial charge in [0.2, 0.25) is 5.95 Å². The van der Waals surface area contributed by atoms with E-state index >= 15 is 0 Å². The Bertz CT molecular complexity index is 739. The first kappa shape index (κ1) is 14.3. The predicted octanol–water partition coefficient (Wildman–Crippen LogP) is -0.786. The van der Waals surface area contributed by atoms with E-state index in [1.165, 1.54) is 11.6 Å². The van der Waals surface area contributed by atoms with Gasteiger partial charge in [-0.3, -0.25) is 13.9 Å². The Labute approximate surface area is 115 Å². The number of anilines is 1. The summed E-state index contributed by atoms with van der Waals surface area (Å²) in [6, 6.07) is 0. The van der Waals surface area contributed by atoms with E-state index in [2.05, 4.69) is 10.3 Å². The van der Waals surface area contributed by atoms with Gasteiger partial charge >= 0.3 is 5.69 Å². The summed E-state index contributed by atoms with van der Waals surface area (Å²) in [6.07, 6.45) is 0.787. The highest BCUT2D eigenvalue weighted by Gasteiger charge is 2.17. The second kappa shape index (κ2) is 5.49. The molecule has 0 aliphatic carbocycles. The lowest BCUT2D eigenvalue weighted by Gasteiger charge is -2.07. The molecule has 2 aromatic rings. The van der Waals surface area contributed by atoms with Crippen LogP contribution in [0.15, 0.2) is 9.59 Å². The number of hydrogen-bond acceptors (Lipinski definition) is 5. The summed E-state index contributed by atoms with van der Waals surface area (Å²) in [5, 5.41) is 3.05. The lowest BCUT2D eigenvalue weighted by Crippen LogP contribution is -2.38. The van der Waals surface area contributed by atoms with Crippen molar-refractivity contribution >= 4 is 17.1 Å². The molecule has 0 aromatic carbocycles. The number of nitrogens with one attached hydrogen (secondary N) is 1. The Morgan fingerprint density at radius 1 is 1.25 bits per heavy atom. The van der Waals surface area contributed by atoms with Gasteiger partial charge in [-0.25, -0.2) is 4.79 Å². The molecule has 20 heavy (non-hydrogen) atoms. The van der Waals surface area contributed by atoms with Gasteiger partial charge in [0.25, 0.3) is 5.56 Å². The van der Waals surface area contributed by atoms with E-state index in [1.807, 2.05) is 6.92 Å². The van der Waals surface area contributed by atoms with E-state index in [-0.39, 0.29) is 11.2 Å². The first-order valence-corrected chi connectivity index (χ1v) is 6.63. The number of aryl methyl sites for hydroxylation is 2. The maximum atomic E-state index is 12.2. The van der Waals surface area contributed by atoms with Gasteiger partial charge in [0.1, 0.15) is 0 Å². The van der Waals surface area contributed by atoms with Gasteiger partial charge in [-0.2, -0.15) is 4.98 Å². The molecule has 2 aromatic heterocycles. The highest BCUT2D eigenvalue weighted by atomic mass is 16.2. The van der Waals surface area contributed by atoms with Crippen LogP contribution in [0.4, 0.5) is 5.95 Å². The number of nitrogens with zero attached hydrogens (tertiary/aromatic N) is 4. The molecule has 0 unspecified atom stereocenters. The zero-order valence-electron chi connectivity index (χ0n) is 12.0. The highest BCUT2D eigenvalue weighted by molar-refractivity contribution is 5.74. The molecule has 0 amide bonds. The smallest absolute Gasteiger partial charge is 0.332 e. The van der Waals surface area contributed by atoms with Gasteiger partial charge in [0.05, 0.1) is 0 Å². The Morgan fingerprint density at radius 3 is 2.55 bits per heavy atom. The SMILES string of the molecule is CCCn1c(=O)n(C)c(=O)c2c1nc(NCCN)n2C. The number of rotatable bonds is 5. The van der Waals surface area contributed by atoms with Crippen LogP contribution < -0.4 is 22.3 Å². The molecule has 8 nitrogen and oxygen atoms in total. The van der Waals surface area contributed by atoms with Crippen molar-refractivity contribution in [3.63, 3.8) is 0 Å². The summed E-state index contributed by atoms with van der Waals surface area (Å²) in [6.45, 7) is 3.51. The first-order valence-electron chi connectivity index (χ1n) is 6.63. The fraction of sp³-hybridized carbons (Fsp3) is 0.583. The summed E-state index contributed by atoms with van der Waals surface area (Å²) < 4.78 is 4.32. The van der Waals surface area contributed by atoms with Crippen molar-refractivity contribution in [1.29, 1.82) is 0 Å². The molecular formula is C12H20N6O2. The van der Waals surface area contributed by atoms with Crippen LogP contribution in [0.25, 0.3) is 11.2 Å². The van der Waals surface area contributed by atoms with Crippen molar-refractivity contribution in [1.82, 2.24) is 18.7 Å². The van der Waals surface area contributed by atoms with Crippen LogP contribution in [0.5, 0.6) is 0 Å². The fourth-order valence-corrected chi connectivity index (χ4v) is 2.20. The molecule has 0 aliphatic heterocycles. The summed E-state index contributed by atoms with van der Waals surface area (Å²) in [4.78, 5) is 28.8. The van der Waals surface area contributed by atoms with Crippen LogP contribution in [0.2, 0.25) is 0 Å². The van der Waals surface area contributed by atoms with Gasteiger partial charge in [-0.1, -0.05) is 6.92 Å². The van der Waals surface area contributed by atoms with E-state index in [1.54, 1.807) is 11.6 Å². The summed E-state index contributed by atoms with van der Waals surface area (Å²) in [5.74, 6) is 0.540. The maximum Gasteiger partial charge on any atom is 0.332 e.